The zero-order valence-electron chi connectivity index (χ0n) is 11.7. The summed E-state index contributed by atoms with van der Waals surface area (Å²) in [5.41, 5.74) is 1.43. The van der Waals surface area contributed by atoms with Crippen LogP contribution in [0.4, 0.5) is 4.39 Å². The zero-order valence-corrected chi connectivity index (χ0v) is 11.7. The van der Waals surface area contributed by atoms with E-state index in [0.29, 0.717) is 11.8 Å². The molecule has 1 aliphatic heterocycles. The van der Waals surface area contributed by atoms with Crippen molar-refractivity contribution in [1.82, 2.24) is 5.32 Å². The second-order valence-corrected chi connectivity index (χ2v) is 6.31. The lowest BCUT2D eigenvalue weighted by Gasteiger charge is -2.43. The molecule has 0 spiro atoms. The smallest absolute Gasteiger partial charge is 0.123 e. The Morgan fingerprint density at radius 1 is 1.44 bits per heavy atom. The topological polar surface area (TPSA) is 12.0 Å². The molecule has 0 aliphatic carbocycles. The van der Waals surface area contributed by atoms with Gasteiger partial charge in [0.15, 0.2) is 0 Å². The molecule has 1 fully saturated rings. The fraction of sp³-hybridized carbons (Fsp3) is 0.625. The van der Waals surface area contributed by atoms with Gasteiger partial charge in [0.1, 0.15) is 5.82 Å². The average molecular weight is 249 g/mol. The van der Waals surface area contributed by atoms with Crippen LogP contribution in [-0.2, 0) is 0 Å². The summed E-state index contributed by atoms with van der Waals surface area (Å²) in [6, 6.07) is 7.13. The molecule has 1 aromatic rings. The fourth-order valence-electron chi connectivity index (χ4n) is 3.46. The summed E-state index contributed by atoms with van der Waals surface area (Å²) in [5, 5.41) is 3.46. The Morgan fingerprint density at radius 3 is 2.89 bits per heavy atom. The molecular formula is C16H24FN. The van der Waals surface area contributed by atoms with E-state index in [-0.39, 0.29) is 11.2 Å². The summed E-state index contributed by atoms with van der Waals surface area (Å²) in [6.07, 6.45) is 2.38. The van der Waals surface area contributed by atoms with Gasteiger partial charge in [-0.2, -0.15) is 0 Å². The highest BCUT2D eigenvalue weighted by Gasteiger charge is 2.37. The highest BCUT2D eigenvalue weighted by atomic mass is 19.1. The van der Waals surface area contributed by atoms with E-state index in [0.717, 1.165) is 18.7 Å². The lowest BCUT2D eigenvalue weighted by atomic mass is 9.65. The van der Waals surface area contributed by atoms with E-state index in [9.17, 15) is 4.39 Å². The molecule has 0 bridgehead atoms. The monoisotopic (exact) mass is 249 g/mol. The van der Waals surface area contributed by atoms with Gasteiger partial charge in [0, 0.05) is 12.5 Å². The number of piperidine rings is 1. The van der Waals surface area contributed by atoms with E-state index in [1.54, 1.807) is 6.07 Å². The van der Waals surface area contributed by atoms with Gasteiger partial charge in [0.2, 0.25) is 0 Å². The summed E-state index contributed by atoms with van der Waals surface area (Å²) in [6.45, 7) is 8.96. The summed E-state index contributed by atoms with van der Waals surface area (Å²) >= 11 is 0. The van der Waals surface area contributed by atoms with E-state index < -0.39 is 0 Å². The number of rotatable bonds is 3. The highest BCUT2D eigenvalue weighted by molar-refractivity contribution is 5.24. The highest BCUT2D eigenvalue weighted by Crippen LogP contribution is 2.45. The molecular weight excluding hydrogens is 225 g/mol. The minimum atomic E-state index is -0.120. The number of nitrogens with one attached hydrogen (secondary N) is 1. The van der Waals surface area contributed by atoms with Crippen LogP contribution < -0.4 is 5.32 Å². The van der Waals surface area contributed by atoms with E-state index in [2.05, 4.69) is 32.2 Å². The Labute approximate surface area is 110 Å². The van der Waals surface area contributed by atoms with Crippen molar-refractivity contribution in [3.05, 3.63) is 35.6 Å². The molecule has 1 aliphatic rings. The van der Waals surface area contributed by atoms with E-state index in [4.69, 9.17) is 0 Å². The minimum Gasteiger partial charge on any atom is -0.316 e. The largest absolute Gasteiger partial charge is 0.316 e. The van der Waals surface area contributed by atoms with Gasteiger partial charge in [0.05, 0.1) is 0 Å². The first-order valence-electron chi connectivity index (χ1n) is 6.97. The SMILES string of the molecule is CC(C)CC1(C)CCNCC1c1cccc(F)c1. The summed E-state index contributed by atoms with van der Waals surface area (Å²) in [7, 11) is 0. The molecule has 100 valence electrons. The van der Waals surface area contributed by atoms with Crippen LogP contribution >= 0.6 is 0 Å². The van der Waals surface area contributed by atoms with Gasteiger partial charge in [-0.3, -0.25) is 0 Å². The lowest BCUT2D eigenvalue weighted by molar-refractivity contribution is 0.150. The molecule has 1 nitrogen and oxygen atoms in total. The Morgan fingerprint density at radius 2 is 2.22 bits per heavy atom. The Bertz CT molecular complexity index is 402. The fourth-order valence-corrected chi connectivity index (χ4v) is 3.46. The summed E-state index contributed by atoms with van der Waals surface area (Å²) < 4.78 is 13.4. The Balaban J connectivity index is 2.27. The molecule has 2 rings (SSSR count). The van der Waals surface area contributed by atoms with Gasteiger partial charge in [-0.15, -0.1) is 0 Å². The van der Waals surface area contributed by atoms with E-state index in [1.807, 2.05) is 6.07 Å². The number of benzene rings is 1. The predicted molar refractivity (Wildman–Crippen MR) is 74.2 cm³/mol. The van der Waals surface area contributed by atoms with E-state index >= 15 is 0 Å². The second kappa shape index (κ2) is 5.40. The maximum absolute atomic E-state index is 13.4. The number of hydrogen-bond donors (Lipinski definition) is 1. The molecule has 0 radical (unpaired) electrons. The van der Waals surface area contributed by atoms with Crippen LogP contribution in [0.1, 0.15) is 45.1 Å². The quantitative estimate of drug-likeness (QED) is 0.855. The molecule has 0 amide bonds. The molecule has 2 atom stereocenters. The molecule has 0 aromatic heterocycles. The van der Waals surface area contributed by atoms with Crippen molar-refractivity contribution in [1.29, 1.82) is 0 Å². The van der Waals surface area contributed by atoms with Gasteiger partial charge in [-0.1, -0.05) is 32.9 Å². The lowest BCUT2D eigenvalue weighted by Crippen LogP contribution is -2.42. The molecule has 2 heteroatoms. The standard InChI is InChI=1S/C16H24FN/c1-12(2)10-16(3)7-8-18-11-15(16)13-5-4-6-14(17)9-13/h4-6,9,12,15,18H,7-8,10-11H2,1-3H3. The van der Waals surface area contributed by atoms with Crippen molar-refractivity contribution in [3.8, 4) is 0 Å². The van der Waals surface area contributed by atoms with Crippen LogP contribution in [-0.4, -0.2) is 13.1 Å². The summed E-state index contributed by atoms with van der Waals surface area (Å²) in [5.74, 6) is 0.985. The maximum Gasteiger partial charge on any atom is 0.123 e. The van der Waals surface area contributed by atoms with Gasteiger partial charge in [0.25, 0.3) is 0 Å². The number of halogens is 1. The molecule has 0 saturated carbocycles. The van der Waals surface area contributed by atoms with Gasteiger partial charge < -0.3 is 5.32 Å². The molecule has 1 heterocycles. The molecule has 1 saturated heterocycles. The third kappa shape index (κ3) is 2.92. The third-order valence-corrected chi connectivity index (χ3v) is 4.19. The van der Waals surface area contributed by atoms with Crippen LogP contribution in [0.2, 0.25) is 0 Å². The maximum atomic E-state index is 13.4. The van der Waals surface area contributed by atoms with Gasteiger partial charge >= 0.3 is 0 Å². The van der Waals surface area contributed by atoms with Crippen molar-refractivity contribution in [2.75, 3.05) is 13.1 Å². The number of hydrogen-bond acceptors (Lipinski definition) is 1. The molecule has 1 aromatic carbocycles. The first kappa shape index (κ1) is 13.5. The van der Waals surface area contributed by atoms with Crippen molar-refractivity contribution < 1.29 is 4.39 Å². The minimum absolute atomic E-state index is 0.120. The Hall–Kier alpha value is -0.890. The van der Waals surface area contributed by atoms with Crippen molar-refractivity contribution in [2.45, 2.75) is 39.5 Å². The Kier molecular flexibility index (Phi) is 4.06. The second-order valence-electron chi connectivity index (χ2n) is 6.31. The normalized spacial score (nSPS) is 28.6. The van der Waals surface area contributed by atoms with Crippen LogP contribution in [0, 0.1) is 17.2 Å². The predicted octanol–water partition coefficient (Wildman–Crippen LogP) is 3.96. The zero-order chi connectivity index (χ0) is 13.2. The van der Waals surface area contributed by atoms with Crippen LogP contribution in [0.15, 0.2) is 24.3 Å². The molecule has 18 heavy (non-hydrogen) atoms. The molecule has 2 unspecified atom stereocenters. The van der Waals surface area contributed by atoms with Crippen LogP contribution in [0.3, 0.4) is 0 Å². The first-order chi connectivity index (χ1) is 8.51. The first-order valence-corrected chi connectivity index (χ1v) is 6.97. The van der Waals surface area contributed by atoms with Crippen molar-refractivity contribution in [3.63, 3.8) is 0 Å². The van der Waals surface area contributed by atoms with Crippen LogP contribution in [0.5, 0.6) is 0 Å². The molecule has 1 N–H and O–H groups in total. The summed E-state index contributed by atoms with van der Waals surface area (Å²) in [4.78, 5) is 0. The van der Waals surface area contributed by atoms with Gasteiger partial charge in [-0.05, 0) is 48.4 Å². The van der Waals surface area contributed by atoms with Crippen molar-refractivity contribution >= 4 is 0 Å². The van der Waals surface area contributed by atoms with Gasteiger partial charge in [-0.25, -0.2) is 4.39 Å². The van der Waals surface area contributed by atoms with Crippen molar-refractivity contribution in [2.24, 2.45) is 11.3 Å². The van der Waals surface area contributed by atoms with E-state index in [1.165, 1.54) is 18.9 Å². The van der Waals surface area contributed by atoms with Crippen LogP contribution in [0.25, 0.3) is 0 Å². The third-order valence-electron chi connectivity index (χ3n) is 4.19. The average Bonchev–Trinajstić information content (AvgIpc) is 2.27.